The van der Waals surface area contributed by atoms with Crippen LogP contribution in [0, 0.1) is 6.92 Å². The third-order valence-electron chi connectivity index (χ3n) is 4.37. The molecule has 0 radical (unpaired) electrons. The first kappa shape index (κ1) is 21.4. The summed E-state index contributed by atoms with van der Waals surface area (Å²) in [5.41, 5.74) is -0.444. The topological polar surface area (TPSA) is 117 Å². The summed E-state index contributed by atoms with van der Waals surface area (Å²) in [7, 11) is -4.00. The van der Waals surface area contributed by atoms with Gasteiger partial charge >= 0.3 is 5.69 Å². The number of benzene rings is 1. The third-order valence-corrected chi connectivity index (χ3v) is 4.94. The third kappa shape index (κ3) is 5.18. The van der Waals surface area contributed by atoms with E-state index in [1.165, 1.54) is 6.92 Å². The van der Waals surface area contributed by atoms with Crippen molar-refractivity contribution in [3.8, 4) is 0 Å². The van der Waals surface area contributed by atoms with Crippen LogP contribution in [0.4, 0.5) is 4.39 Å². The molecule has 3 rings (SSSR count). The molecule has 1 saturated heterocycles. The van der Waals surface area contributed by atoms with Crippen molar-refractivity contribution in [3.63, 3.8) is 0 Å². The van der Waals surface area contributed by atoms with Crippen LogP contribution in [-0.2, 0) is 30.4 Å². The van der Waals surface area contributed by atoms with Gasteiger partial charge in [-0.1, -0.05) is 30.3 Å². The molecule has 2 heterocycles. The number of nitrogens with zero attached hydrogens (tertiary/aromatic N) is 1. The van der Waals surface area contributed by atoms with Crippen molar-refractivity contribution in [1.29, 1.82) is 0 Å². The molecule has 1 aromatic carbocycles. The maximum atomic E-state index is 15.1. The fourth-order valence-corrected chi connectivity index (χ4v) is 3.64. The van der Waals surface area contributed by atoms with Crippen LogP contribution in [0.25, 0.3) is 0 Å². The fraction of sp³-hybridized carbons (Fsp3) is 0.444. The van der Waals surface area contributed by atoms with E-state index in [9.17, 15) is 18.0 Å². The number of aryl methyl sites for hydroxylation is 1. The monoisotopic (exact) mass is 428 g/mol. The number of halogens is 1. The molecule has 1 aromatic heterocycles. The average molecular weight is 428 g/mol. The van der Waals surface area contributed by atoms with E-state index in [0.29, 0.717) is 0 Å². The van der Waals surface area contributed by atoms with Gasteiger partial charge in [0.1, 0.15) is 12.2 Å². The molecule has 0 aliphatic carbocycles. The Labute approximate surface area is 166 Å². The highest BCUT2D eigenvalue weighted by atomic mass is 32.2. The largest absolute Gasteiger partial charge is 0.374 e. The zero-order valence-electron chi connectivity index (χ0n) is 15.8. The summed E-state index contributed by atoms with van der Waals surface area (Å²) in [6.45, 7) is 1.48. The number of ether oxygens (including phenoxy) is 2. The van der Waals surface area contributed by atoms with Crippen molar-refractivity contribution in [2.75, 3.05) is 12.9 Å². The summed E-state index contributed by atoms with van der Waals surface area (Å²) in [6.07, 6.45) is -4.11. The first-order valence-electron chi connectivity index (χ1n) is 8.77. The summed E-state index contributed by atoms with van der Waals surface area (Å²) in [5.74, 6) is 0. The van der Waals surface area contributed by atoms with Gasteiger partial charge in [-0.2, -0.15) is 8.42 Å². The molecule has 9 nitrogen and oxygen atoms in total. The van der Waals surface area contributed by atoms with E-state index < -0.39 is 46.0 Å². The van der Waals surface area contributed by atoms with Crippen LogP contribution >= 0.6 is 0 Å². The van der Waals surface area contributed by atoms with Crippen molar-refractivity contribution in [2.24, 2.45) is 0 Å². The van der Waals surface area contributed by atoms with Crippen LogP contribution in [0.3, 0.4) is 0 Å². The highest BCUT2D eigenvalue weighted by Crippen LogP contribution is 2.34. The molecule has 0 saturated carbocycles. The molecule has 11 heteroatoms. The zero-order chi connectivity index (χ0) is 21.2. The molecule has 1 N–H and O–H groups in total. The van der Waals surface area contributed by atoms with Gasteiger partial charge in [0.15, 0.2) is 12.4 Å². The van der Waals surface area contributed by atoms with Gasteiger partial charge in [-0.05, 0) is 12.5 Å². The van der Waals surface area contributed by atoms with Gasteiger partial charge in [0.05, 0.1) is 19.5 Å². The predicted octanol–water partition coefficient (Wildman–Crippen LogP) is 0.642. The molecule has 0 amide bonds. The Bertz CT molecular complexity index is 1070. The van der Waals surface area contributed by atoms with Gasteiger partial charge in [0.25, 0.3) is 15.7 Å². The Morgan fingerprint density at radius 1 is 1.24 bits per heavy atom. The number of alkyl halides is 1. The molecule has 29 heavy (non-hydrogen) atoms. The van der Waals surface area contributed by atoms with Crippen LogP contribution < -0.4 is 11.2 Å². The van der Waals surface area contributed by atoms with Gasteiger partial charge in [-0.25, -0.2) is 9.18 Å². The molecule has 4 atom stereocenters. The lowest BCUT2D eigenvalue weighted by molar-refractivity contribution is -0.0654. The molecule has 1 aliphatic rings. The second-order valence-corrected chi connectivity index (χ2v) is 8.35. The van der Waals surface area contributed by atoms with E-state index in [-0.39, 0.29) is 18.8 Å². The highest BCUT2D eigenvalue weighted by molar-refractivity contribution is 7.86. The van der Waals surface area contributed by atoms with E-state index in [4.69, 9.17) is 13.7 Å². The molecular formula is C18H21FN2O7S. The van der Waals surface area contributed by atoms with Gasteiger partial charge in [0.2, 0.25) is 0 Å². The van der Waals surface area contributed by atoms with Crippen LogP contribution in [-0.4, -0.2) is 49.2 Å². The fourth-order valence-electron chi connectivity index (χ4n) is 3.01. The number of hydrogen-bond donors (Lipinski definition) is 1. The Morgan fingerprint density at radius 3 is 2.59 bits per heavy atom. The number of aromatic nitrogens is 2. The first-order chi connectivity index (χ1) is 13.7. The minimum absolute atomic E-state index is 0.164. The van der Waals surface area contributed by atoms with E-state index in [2.05, 4.69) is 4.98 Å². The maximum Gasteiger partial charge on any atom is 0.330 e. The van der Waals surface area contributed by atoms with E-state index >= 15 is 4.39 Å². The molecule has 1 aliphatic heterocycles. The number of nitrogens with one attached hydrogen (secondary N) is 1. The van der Waals surface area contributed by atoms with Crippen molar-refractivity contribution in [1.82, 2.24) is 9.55 Å². The van der Waals surface area contributed by atoms with Gasteiger partial charge in [-0.15, -0.1) is 0 Å². The summed E-state index contributed by atoms with van der Waals surface area (Å²) in [6, 6.07) is 9.19. The van der Waals surface area contributed by atoms with Crippen LogP contribution in [0.1, 0.15) is 17.4 Å². The average Bonchev–Trinajstić information content (AvgIpc) is 2.94. The summed E-state index contributed by atoms with van der Waals surface area (Å²) >= 11 is 0. The predicted molar refractivity (Wildman–Crippen MR) is 101 cm³/mol. The molecule has 0 bridgehead atoms. The molecule has 0 unspecified atom stereocenters. The second-order valence-electron chi connectivity index (χ2n) is 6.75. The smallest absolute Gasteiger partial charge is 0.330 e. The van der Waals surface area contributed by atoms with Crippen molar-refractivity contribution in [3.05, 3.63) is 68.5 Å². The Kier molecular flexibility index (Phi) is 6.32. The van der Waals surface area contributed by atoms with Crippen LogP contribution in [0.15, 0.2) is 46.1 Å². The Hall–Kier alpha value is -2.34. The number of aromatic amines is 1. The van der Waals surface area contributed by atoms with Gasteiger partial charge in [-0.3, -0.25) is 18.5 Å². The quantitative estimate of drug-likeness (QED) is 0.643. The number of rotatable bonds is 7. The van der Waals surface area contributed by atoms with Crippen molar-refractivity contribution in [2.45, 2.75) is 38.1 Å². The van der Waals surface area contributed by atoms with Gasteiger partial charge in [0, 0.05) is 11.8 Å². The van der Waals surface area contributed by atoms with Crippen LogP contribution in [0.5, 0.6) is 0 Å². The Balaban J connectivity index is 1.81. The molecule has 2 aromatic rings. The Morgan fingerprint density at radius 2 is 1.93 bits per heavy atom. The molecular weight excluding hydrogens is 407 g/mol. The minimum atomic E-state index is -4.00. The first-order valence-corrected chi connectivity index (χ1v) is 10.6. The van der Waals surface area contributed by atoms with E-state index in [1.807, 2.05) is 30.3 Å². The SMILES string of the molecule is Cc1cn([C@@H]2O[C@H](COCc3ccccc3)[C@@H](OS(C)(=O)=O)[C@@H]2F)c(=O)[nH]c1=O. The summed E-state index contributed by atoms with van der Waals surface area (Å²) in [4.78, 5) is 25.7. The second kappa shape index (κ2) is 8.57. The maximum absolute atomic E-state index is 15.1. The summed E-state index contributed by atoms with van der Waals surface area (Å²) < 4.78 is 55.1. The molecule has 0 spiro atoms. The molecule has 1 fully saturated rings. The number of H-pyrrole nitrogens is 1. The van der Waals surface area contributed by atoms with E-state index in [1.54, 1.807) is 0 Å². The zero-order valence-corrected chi connectivity index (χ0v) is 16.6. The lowest BCUT2D eigenvalue weighted by Gasteiger charge is -2.18. The molecule has 158 valence electrons. The highest BCUT2D eigenvalue weighted by Gasteiger charge is 2.49. The van der Waals surface area contributed by atoms with Gasteiger partial charge < -0.3 is 9.47 Å². The van der Waals surface area contributed by atoms with Crippen molar-refractivity contribution < 1.29 is 26.5 Å². The van der Waals surface area contributed by atoms with Crippen molar-refractivity contribution >= 4 is 10.1 Å². The lowest BCUT2D eigenvalue weighted by Crippen LogP contribution is -2.38. The van der Waals surface area contributed by atoms with E-state index in [0.717, 1.165) is 22.6 Å². The lowest BCUT2D eigenvalue weighted by atomic mass is 10.1. The minimum Gasteiger partial charge on any atom is -0.374 e. The number of hydrogen-bond acceptors (Lipinski definition) is 7. The summed E-state index contributed by atoms with van der Waals surface area (Å²) in [5, 5.41) is 0. The normalized spacial score (nSPS) is 24.7. The standard InChI is InChI=1S/C18H21FN2O7S/c1-11-8-21(18(23)20-16(11)22)17-14(19)15(28-29(2,24)25)13(27-17)10-26-9-12-6-4-3-5-7-12/h3-8,13-15,17H,9-10H2,1-2H3,(H,20,22,23)/t13-,14+,15-,17-/m1/s1. The van der Waals surface area contributed by atoms with Crippen LogP contribution in [0.2, 0.25) is 0 Å².